The summed E-state index contributed by atoms with van der Waals surface area (Å²) in [7, 11) is 0. The lowest BCUT2D eigenvalue weighted by Crippen LogP contribution is -2.08. The largest absolute Gasteiger partial charge is 0.454 e. The summed E-state index contributed by atoms with van der Waals surface area (Å²) in [6.07, 6.45) is 0.768. The molecule has 4 rings (SSSR count). The standard InChI is InChI=1S/C22H20O3/c1-3-7-17(8-4-1)13-21(23-15-18-9-5-2-6-10-18)19-11-12-20-22(14-19)25-16-24-20/h1-12,14,21H,13,15-16H2. The fourth-order valence-corrected chi connectivity index (χ4v) is 2.99. The van der Waals surface area contributed by atoms with Crippen LogP contribution in [-0.2, 0) is 17.8 Å². The van der Waals surface area contributed by atoms with Gasteiger partial charge in [-0.1, -0.05) is 66.7 Å². The van der Waals surface area contributed by atoms with Gasteiger partial charge in [0.15, 0.2) is 11.5 Å². The Hall–Kier alpha value is -2.78. The molecule has 0 saturated heterocycles. The van der Waals surface area contributed by atoms with Crippen molar-refractivity contribution in [3.8, 4) is 11.5 Å². The molecule has 0 fully saturated rings. The van der Waals surface area contributed by atoms with Crippen molar-refractivity contribution >= 4 is 0 Å². The van der Waals surface area contributed by atoms with Crippen LogP contribution >= 0.6 is 0 Å². The fraction of sp³-hybridized carbons (Fsp3) is 0.182. The molecule has 1 atom stereocenters. The van der Waals surface area contributed by atoms with Gasteiger partial charge in [0.1, 0.15) is 0 Å². The number of rotatable bonds is 6. The molecule has 3 aromatic carbocycles. The minimum absolute atomic E-state index is 0.0443. The Morgan fingerprint density at radius 2 is 1.44 bits per heavy atom. The zero-order chi connectivity index (χ0) is 16.9. The van der Waals surface area contributed by atoms with Gasteiger partial charge in [0, 0.05) is 6.42 Å². The SMILES string of the molecule is c1ccc(COC(Cc2ccccc2)c2ccc3c(c2)OCO3)cc1. The van der Waals surface area contributed by atoms with E-state index in [1.807, 2.05) is 36.4 Å². The molecular weight excluding hydrogens is 312 g/mol. The van der Waals surface area contributed by atoms with Crippen LogP contribution in [0.3, 0.4) is 0 Å². The van der Waals surface area contributed by atoms with Crippen LogP contribution < -0.4 is 9.47 Å². The zero-order valence-electron chi connectivity index (χ0n) is 13.9. The average molecular weight is 332 g/mol. The first-order valence-corrected chi connectivity index (χ1v) is 8.47. The molecule has 3 heteroatoms. The molecule has 0 spiro atoms. The van der Waals surface area contributed by atoms with Crippen molar-refractivity contribution < 1.29 is 14.2 Å². The maximum atomic E-state index is 6.28. The Balaban J connectivity index is 1.56. The van der Waals surface area contributed by atoms with Crippen molar-refractivity contribution in [1.82, 2.24) is 0 Å². The van der Waals surface area contributed by atoms with Crippen molar-refractivity contribution in [1.29, 1.82) is 0 Å². The average Bonchev–Trinajstić information content (AvgIpc) is 3.14. The highest BCUT2D eigenvalue weighted by Crippen LogP contribution is 2.36. The first kappa shape index (κ1) is 15.7. The molecule has 126 valence electrons. The number of benzene rings is 3. The van der Waals surface area contributed by atoms with Crippen LogP contribution in [0.4, 0.5) is 0 Å². The fourth-order valence-electron chi connectivity index (χ4n) is 2.99. The molecule has 0 saturated carbocycles. The smallest absolute Gasteiger partial charge is 0.231 e. The quantitative estimate of drug-likeness (QED) is 0.641. The highest BCUT2D eigenvalue weighted by molar-refractivity contribution is 5.45. The predicted molar refractivity (Wildman–Crippen MR) is 96.7 cm³/mol. The van der Waals surface area contributed by atoms with Crippen molar-refractivity contribution in [2.24, 2.45) is 0 Å². The van der Waals surface area contributed by atoms with Crippen LogP contribution in [0.5, 0.6) is 11.5 Å². The topological polar surface area (TPSA) is 27.7 Å². The van der Waals surface area contributed by atoms with E-state index in [9.17, 15) is 0 Å². The van der Waals surface area contributed by atoms with E-state index >= 15 is 0 Å². The highest BCUT2D eigenvalue weighted by atomic mass is 16.7. The molecule has 1 aliphatic heterocycles. The molecule has 0 aliphatic carbocycles. The van der Waals surface area contributed by atoms with Gasteiger partial charge >= 0.3 is 0 Å². The van der Waals surface area contributed by atoms with Gasteiger partial charge in [0.25, 0.3) is 0 Å². The Bertz CT molecular complexity index is 815. The normalized spacial score (nSPS) is 13.6. The third-order valence-corrected chi connectivity index (χ3v) is 4.33. The Morgan fingerprint density at radius 3 is 2.20 bits per heavy atom. The lowest BCUT2D eigenvalue weighted by atomic mass is 10.0. The van der Waals surface area contributed by atoms with Crippen molar-refractivity contribution in [3.63, 3.8) is 0 Å². The van der Waals surface area contributed by atoms with Gasteiger partial charge in [-0.2, -0.15) is 0 Å². The van der Waals surface area contributed by atoms with Gasteiger partial charge < -0.3 is 14.2 Å². The first-order valence-electron chi connectivity index (χ1n) is 8.47. The third kappa shape index (κ3) is 3.83. The van der Waals surface area contributed by atoms with Gasteiger partial charge in [-0.25, -0.2) is 0 Å². The maximum absolute atomic E-state index is 6.28. The Kier molecular flexibility index (Phi) is 4.66. The van der Waals surface area contributed by atoms with E-state index in [-0.39, 0.29) is 12.9 Å². The van der Waals surface area contributed by atoms with Crippen LogP contribution in [0.2, 0.25) is 0 Å². The summed E-state index contributed by atoms with van der Waals surface area (Å²) in [5.41, 5.74) is 3.52. The summed E-state index contributed by atoms with van der Waals surface area (Å²) in [6.45, 7) is 0.861. The molecule has 1 unspecified atom stereocenters. The molecule has 3 aromatic rings. The van der Waals surface area contributed by atoms with Crippen molar-refractivity contribution in [2.45, 2.75) is 19.1 Å². The van der Waals surface area contributed by atoms with E-state index in [0.717, 1.165) is 23.5 Å². The van der Waals surface area contributed by atoms with Gasteiger partial charge in [-0.05, 0) is 28.8 Å². The van der Waals surface area contributed by atoms with E-state index in [1.165, 1.54) is 11.1 Å². The molecular formula is C22H20O3. The van der Waals surface area contributed by atoms with Crippen molar-refractivity contribution in [3.05, 3.63) is 95.6 Å². The summed E-state index contributed by atoms with van der Waals surface area (Å²) < 4.78 is 17.2. The second-order valence-electron chi connectivity index (χ2n) is 6.09. The Morgan fingerprint density at radius 1 is 0.760 bits per heavy atom. The minimum atomic E-state index is -0.0443. The van der Waals surface area contributed by atoms with Gasteiger partial charge in [0.05, 0.1) is 12.7 Å². The number of ether oxygens (including phenoxy) is 3. The van der Waals surface area contributed by atoms with Gasteiger partial charge in [-0.3, -0.25) is 0 Å². The first-order chi connectivity index (χ1) is 12.4. The molecule has 1 heterocycles. The van der Waals surface area contributed by atoms with Crippen LogP contribution in [0.25, 0.3) is 0 Å². The number of fused-ring (bicyclic) bond motifs is 1. The summed E-state index contributed by atoms with van der Waals surface area (Å²) in [5, 5.41) is 0. The Labute approximate surface area is 147 Å². The molecule has 1 aliphatic rings. The molecule has 0 aromatic heterocycles. The molecule has 25 heavy (non-hydrogen) atoms. The van der Waals surface area contributed by atoms with Crippen LogP contribution in [0.1, 0.15) is 22.8 Å². The molecule has 0 radical (unpaired) electrons. The second kappa shape index (κ2) is 7.41. The molecule has 0 bridgehead atoms. The number of hydrogen-bond donors (Lipinski definition) is 0. The van der Waals surface area contributed by atoms with E-state index in [0.29, 0.717) is 6.61 Å². The monoisotopic (exact) mass is 332 g/mol. The summed E-state index contributed by atoms with van der Waals surface area (Å²) in [5.74, 6) is 1.59. The zero-order valence-corrected chi connectivity index (χ0v) is 13.9. The van der Waals surface area contributed by atoms with Crippen molar-refractivity contribution in [2.75, 3.05) is 6.79 Å². The third-order valence-electron chi connectivity index (χ3n) is 4.33. The number of hydrogen-bond acceptors (Lipinski definition) is 3. The minimum Gasteiger partial charge on any atom is -0.454 e. The maximum Gasteiger partial charge on any atom is 0.231 e. The lowest BCUT2D eigenvalue weighted by Gasteiger charge is -2.19. The van der Waals surface area contributed by atoms with E-state index in [4.69, 9.17) is 14.2 Å². The second-order valence-corrected chi connectivity index (χ2v) is 6.09. The lowest BCUT2D eigenvalue weighted by molar-refractivity contribution is 0.0398. The van der Waals surface area contributed by atoms with Gasteiger partial charge in [0.2, 0.25) is 6.79 Å². The molecule has 0 N–H and O–H groups in total. The summed E-state index contributed by atoms with van der Waals surface area (Å²) in [6, 6.07) is 26.7. The molecule has 0 amide bonds. The van der Waals surface area contributed by atoms with E-state index in [2.05, 4.69) is 42.5 Å². The molecule has 3 nitrogen and oxygen atoms in total. The summed E-state index contributed by atoms with van der Waals surface area (Å²) >= 11 is 0. The van der Waals surface area contributed by atoms with Crippen LogP contribution in [0.15, 0.2) is 78.9 Å². The predicted octanol–water partition coefficient (Wildman–Crippen LogP) is 4.92. The van der Waals surface area contributed by atoms with E-state index < -0.39 is 0 Å². The highest BCUT2D eigenvalue weighted by Gasteiger charge is 2.19. The van der Waals surface area contributed by atoms with Crippen LogP contribution in [0, 0.1) is 0 Å². The van der Waals surface area contributed by atoms with Crippen LogP contribution in [-0.4, -0.2) is 6.79 Å². The van der Waals surface area contributed by atoms with E-state index in [1.54, 1.807) is 0 Å². The van der Waals surface area contributed by atoms with Gasteiger partial charge in [-0.15, -0.1) is 0 Å². The summed E-state index contributed by atoms with van der Waals surface area (Å²) in [4.78, 5) is 0.